The third kappa shape index (κ3) is 4.00. The average Bonchev–Trinajstić information content (AvgIpc) is 2.89. The van der Waals surface area contributed by atoms with E-state index in [2.05, 4.69) is 19.8 Å². The summed E-state index contributed by atoms with van der Waals surface area (Å²) >= 11 is 0. The largest absolute Gasteiger partial charge is 0.435 e. The molecule has 2 aromatic heterocycles. The van der Waals surface area contributed by atoms with Crippen LogP contribution in [0, 0.1) is 0 Å². The Morgan fingerprint density at radius 1 is 1.36 bits per heavy atom. The predicted molar refractivity (Wildman–Crippen MR) is 87.4 cm³/mol. The number of ether oxygens (including phenoxy) is 1. The number of aromatic nitrogens is 4. The maximum absolute atomic E-state index is 12.3. The van der Waals surface area contributed by atoms with Crippen LogP contribution in [0.25, 0.3) is 11.0 Å². The summed E-state index contributed by atoms with van der Waals surface area (Å²) in [5.41, 5.74) is 1.08. The van der Waals surface area contributed by atoms with Crippen molar-refractivity contribution in [3.63, 3.8) is 0 Å². The van der Waals surface area contributed by atoms with Crippen LogP contribution in [0.1, 0.15) is 11.4 Å². The van der Waals surface area contributed by atoms with Crippen LogP contribution in [0.5, 0.6) is 5.75 Å². The molecule has 7 nitrogen and oxygen atoms in total. The number of aromatic amines is 1. The lowest BCUT2D eigenvalue weighted by atomic mass is 10.2. The lowest BCUT2D eigenvalue weighted by Gasteiger charge is -2.16. The smallest absolute Gasteiger partial charge is 0.387 e. The lowest BCUT2D eigenvalue weighted by molar-refractivity contribution is -0.0499. The molecule has 0 aliphatic rings. The molecule has 3 rings (SSSR count). The average molecular weight is 349 g/mol. The zero-order valence-corrected chi connectivity index (χ0v) is 13.7. The molecule has 0 atom stereocenters. The van der Waals surface area contributed by atoms with Gasteiger partial charge in [0.25, 0.3) is 5.56 Å². The van der Waals surface area contributed by atoms with E-state index in [0.29, 0.717) is 29.9 Å². The first-order valence-electron chi connectivity index (χ1n) is 7.55. The molecule has 0 radical (unpaired) electrons. The molecule has 9 heteroatoms. The molecular formula is C16H17F2N5O2. The predicted octanol–water partition coefficient (Wildman–Crippen LogP) is 1.89. The number of hydrogen-bond acceptors (Lipinski definition) is 5. The summed E-state index contributed by atoms with van der Waals surface area (Å²) in [6, 6.07) is 6.51. The standard InChI is InChI=1S/C16H17F2N5O2/c1-22(8-10-4-3-5-11(6-10)25-16(17)18)9-13-20-14-12(15(24)21-13)7-19-23(14)2/h3-7,16H,8-9H2,1-2H3,(H,20,21,24). The molecule has 0 aliphatic carbocycles. The Kier molecular flexibility index (Phi) is 4.75. The molecule has 0 saturated carbocycles. The van der Waals surface area contributed by atoms with Crippen LogP contribution in [0.15, 0.2) is 35.3 Å². The van der Waals surface area contributed by atoms with Gasteiger partial charge in [-0.3, -0.25) is 14.4 Å². The minimum absolute atomic E-state index is 0.115. The zero-order valence-electron chi connectivity index (χ0n) is 13.7. The fourth-order valence-corrected chi connectivity index (χ4v) is 2.60. The van der Waals surface area contributed by atoms with Gasteiger partial charge >= 0.3 is 6.61 Å². The fourth-order valence-electron chi connectivity index (χ4n) is 2.60. The first-order chi connectivity index (χ1) is 11.9. The number of alkyl halides is 2. The summed E-state index contributed by atoms with van der Waals surface area (Å²) in [7, 11) is 3.56. The molecule has 2 heterocycles. The second kappa shape index (κ2) is 6.98. The van der Waals surface area contributed by atoms with E-state index in [4.69, 9.17) is 0 Å². The first-order valence-corrected chi connectivity index (χ1v) is 7.55. The zero-order chi connectivity index (χ0) is 18.0. The van der Waals surface area contributed by atoms with Gasteiger partial charge in [-0.1, -0.05) is 12.1 Å². The summed E-state index contributed by atoms with van der Waals surface area (Å²) in [6.07, 6.45) is 1.48. The van der Waals surface area contributed by atoms with E-state index >= 15 is 0 Å². The molecule has 25 heavy (non-hydrogen) atoms. The molecule has 0 amide bonds. The minimum Gasteiger partial charge on any atom is -0.435 e. The Labute approximate surface area is 141 Å². The number of nitrogens with zero attached hydrogens (tertiary/aromatic N) is 4. The van der Waals surface area contributed by atoms with Crippen LogP contribution in [0.4, 0.5) is 8.78 Å². The van der Waals surface area contributed by atoms with E-state index in [-0.39, 0.29) is 11.3 Å². The molecule has 0 spiro atoms. The second-order valence-electron chi connectivity index (χ2n) is 5.72. The van der Waals surface area contributed by atoms with E-state index < -0.39 is 6.61 Å². The molecular weight excluding hydrogens is 332 g/mol. The molecule has 0 unspecified atom stereocenters. The van der Waals surface area contributed by atoms with Gasteiger partial charge in [0.15, 0.2) is 5.65 Å². The van der Waals surface area contributed by atoms with E-state index in [1.807, 2.05) is 18.0 Å². The number of aryl methyl sites for hydroxylation is 1. The highest BCUT2D eigenvalue weighted by molar-refractivity contribution is 5.72. The molecule has 0 fully saturated rings. The van der Waals surface area contributed by atoms with Crippen LogP contribution < -0.4 is 10.3 Å². The van der Waals surface area contributed by atoms with Gasteiger partial charge in [0.05, 0.1) is 12.7 Å². The van der Waals surface area contributed by atoms with Crippen molar-refractivity contribution in [2.45, 2.75) is 19.7 Å². The van der Waals surface area contributed by atoms with Crippen molar-refractivity contribution >= 4 is 11.0 Å². The van der Waals surface area contributed by atoms with Gasteiger partial charge in [0.1, 0.15) is 17.0 Å². The van der Waals surface area contributed by atoms with Crippen molar-refractivity contribution in [1.29, 1.82) is 0 Å². The number of benzene rings is 1. The number of hydrogen-bond donors (Lipinski definition) is 1. The van der Waals surface area contributed by atoms with Crippen LogP contribution >= 0.6 is 0 Å². The maximum Gasteiger partial charge on any atom is 0.387 e. The second-order valence-corrected chi connectivity index (χ2v) is 5.72. The van der Waals surface area contributed by atoms with Gasteiger partial charge in [0.2, 0.25) is 0 Å². The van der Waals surface area contributed by atoms with Crippen molar-refractivity contribution in [2.24, 2.45) is 7.05 Å². The van der Waals surface area contributed by atoms with E-state index in [9.17, 15) is 13.6 Å². The molecule has 3 aromatic rings. The molecule has 0 saturated heterocycles. The number of fused-ring (bicyclic) bond motifs is 1. The Bertz CT molecular complexity index is 938. The molecule has 0 aliphatic heterocycles. The summed E-state index contributed by atoms with van der Waals surface area (Å²) in [6.45, 7) is -1.99. The molecule has 1 N–H and O–H groups in total. The van der Waals surface area contributed by atoms with Crippen LogP contribution in [0.3, 0.4) is 0 Å². The highest BCUT2D eigenvalue weighted by atomic mass is 19.3. The van der Waals surface area contributed by atoms with Crippen molar-refractivity contribution < 1.29 is 13.5 Å². The molecule has 1 aromatic carbocycles. The van der Waals surface area contributed by atoms with Crippen LogP contribution in [0.2, 0.25) is 0 Å². The maximum atomic E-state index is 12.3. The van der Waals surface area contributed by atoms with Gasteiger partial charge in [-0.2, -0.15) is 13.9 Å². The Hall–Kier alpha value is -2.81. The Morgan fingerprint density at radius 2 is 2.16 bits per heavy atom. The third-order valence-electron chi connectivity index (χ3n) is 3.65. The SMILES string of the molecule is CN(Cc1cccc(OC(F)F)c1)Cc1nc2c(cnn2C)c(=O)[nH]1. The summed E-state index contributed by atoms with van der Waals surface area (Å²) < 4.78 is 30.5. The van der Waals surface area contributed by atoms with Gasteiger partial charge < -0.3 is 9.72 Å². The topological polar surface area (TPSA) is 76.0 Å². The monoisotopic (exact) mass is 349 g/mol. The molecule has 0 bridgehead atoms. The minimum atomic E-state index is -2.85. The Morgan fingerprint density at radius 3 is 2.92 bits per heavy atom. The number of nitrogens with one attached hydrogen (secondary N) is 1. The lowest BCUT2D eigenvalue weighted by Crippen LogP contribution is -2.22. The third-order valence-corrected chi connectivity index (χ3v) is 3.65. The van der Waals surface area contributed by atoms with Crippen molar-refractivity contribution in [3.05, 3.63) is 52.2 Å². The van der Waals surface area contributed by atoms with E-state index in [1.165, 1.54) is 12.3 Å². The number of H-pyrrole nitrogens is 1. The van der Waals surface area contributed by atoms with Gasteiger partial charge in [-0.05, 0) is 24.7 Å². The fraction of sp³-hybridized carbons (Fsp3) is 0.312. The number of halogens is 2. The first kappa shape index (κ1) is 17.0. The van der Waals surface area contributed by atoms with E-state index in [1.54, 1.807) is 23.9 Å². The Balaban J connectivity index is 1.73. The van der Waals surface area contributed by atoms with Gasteiger partial charge in [-0.15, -0.1) is 0 Å². The van der Waals surface area contributed by atoms with Crippen molar-refractivity contribution in [3.8, 4) is 5.75 Å². The van der Waals surface area contributed by atoms with Crippen molar-refractivity contribution in [2.75, 3.05) is 7.05 Å². The van der Waals surface area contributed by atoms with Gasteiger partial charge in [0, 0.05) is 13.6 Å². The molecule has 132 valence electrons. The summed E-state index contributed by atoms with van der Waals surface area (Å²) in [5.74, 6) is 0.618. The normalized spacial score (nSPS) is 11.6. The van der Waals surface area contributed by atoms with E-state index in [0.717, 1.165) is 5.56 Å². The summed E-state index contributed by atoms with van der Waals surface area (Å²) in [4.78, 5) is 21.1. The van der Waals surface area contributed by atoms with Gasteiger partial charge in [-0.25, -0.2) is 4.98 Å². The highest BCUT2D eigenvalue weighted by Crippen LogP contribution is 2.17. The number of rotatable bonds is 6. The quantitative estimate of drug-likeness (QED) is 0.735. The van der Waals surface area contributed by atoms with Crippen LogP contribution in [-0.4, -0.2) is 38.3 Å². The summed E-state index contributed by atoms with van der Waals surface area (Å²) in [5, 5.41) is 4.46. The highest BCUT2D eigenvalue weighted by Gasteiger charge is 2.11. The van der Waals surface area contributed by atoms with Crippen molar-refractivity contribution in [1.82, 2.24) is 24.6 Å². The van der Waals surface area contributed by atoms with Crippen LogP contribution in [-0.2, 0) is 20.1 Å².